The molecule has 0 amide bonds. The van der Waals surface area contributed by atoms with Crippen molar-refractivity contribution in [2.45, 2.75) is 50.6 Å². The second-order valence-corrected chi connectivity index (χ2v) is 16.7. The second-order valence-electron chi connectivity index (χ2n) is 16.7. The Bertz CT molecular complexity index is 3300. The molecule has 3 nitrogen and oxygen atoms in total. The molecule has 59 heavy (non-hydrogen) atoms. The maximum absolute atomic E-state index is 2.72. The molecule has 0 spiro atoms. The molecule has 0 aliphatic carbocycles. The summed E-state index contributed by atoms with van der Waals surface area (Å²) in [6.07, 6.45) is 6.82. The molecule has 3 heteroatoms. The summed E-state index contributed by atoms with van der Waals surface area (Å²) in [6, 6.07) is 66.1. The average Bonchev–Trinajstić information content (AvgIpc) is 3.64. The molecule has 0 saturated heterocycles. The van der Waals surface area contributed by atoms with Crippen molar-refractivity contribution in [1.82, 2.24) is 4.57 Å². The zero-order valence-electron chi connectivity index (χ0n) is 33.5. The van der Waals surface area contributed by atoms with E-state index < -0.39 is 0 Å². The number of pyridine rings is 2. The molecular formula is C56H45N3+2. The summed E-state index contributed by atoms with van der Waals surface area (Å²) in [4.78, 5) is 0. The summed E-state index contributed by atoms with van der Waals surface area (Å²) in [5.74, 6) is 0.247. The zero-order chi connectivity index (χ0) is 39.2. The molecule has 0 bridgehead atoms. The molecule has 12 rings (SSSR count). The van der Waals surface area contributed by atoms with Crippen molar-refractivity contribution >= 4 is 43.4 Å². The van der Waals surface area contributed by atoms with Gasteiger partial charge in [-0.15, -0.1) is 0 Å². The summed E-state index contributed by atoms with van der Waals surface area (Å²) in [6.45, 7) is 5.78. The molecule has 3 aromatic heterocycles. The lowest BCUT2D eigenvalue weighted by Gasteiger charge is -2.44. The van der Waals surface area contributed by atoms with E-state index in [-0.39, 0.29) is 17.4 Å². The normalized spacial score (nSPS) is 16.5. The number of aromatic nitrogens is 3. The molecule has 2 unspecified atom stereocenters. The van der Waals surface area contributed by atoms with Gasteiger partial charge in [0.05, 0.1) is 38.3 Å². The minimum atomic E-state index is -0.123. The number of hydrogen-bond donors (Lipinski definition) is 0. The fourth-order valence-corrected chi connectivity index (χ4v) is 11.5. The first-order valence-electron chi connectivity index (χ1n) is 21.3. The Hall–Kier alpha value is -6.84. The van der Waals surface area contributed by atoms with Crippen molar-refractivity contribution < 1.29 is 9.13 Å². The molecular weight excluding hydrogens is 715 g/mol. The zero-order valence-corrected chi connectivity index (χ0v) is 33.5. The van der Waals surface area contributed by atoms with Gasteiger partial charge < -0.3 is 4.57 Å². The molecule has 5 heterocycles. The van der Waals surface area contributed by atoms with E-state index >= 15 is 0 Å². The molecule has 10 aromatic rings. The highest BCUT2D eigenvalue weighted by molar-refractivity contribution is 6.10. The quantitative estimate of drug-likeness (QED) is 0.155. The van der Waals surface area contributed by atoms with Gasteiger partial charge in [0.1, 0.15) is 5.92 Å². The SMILES string of the molecule is CCC1(CC)c2ccc(-n3c4ccccc4c4ccc(-c5ccccc5)cc43)cc2-c2c3ccccc3cc[n+]2C1C1C[n+]2ccc3ccccc3c2-c2ccccc21. The van der Waals surface area contributed by atoms with Crippen LogP contribution in [-0.2, 0) is 12.0 Å². The third kappa shape index (κ3) is 4.88. The summed E-state index contributed by atoms with van der Waals surface area (Å²) < 4.78 is 7.78. The summed E-state index contributed by atoms with van der Waals surface area (Å²) in [7, 11) is 0. The molecule has 2 aliphatic rings. The smallest absolute Gasteiger partial charge is 0.221 e. The molecule has 7 aromatic carbocycles. The largest absolute Gasteiger partial charge is 0.309 e. The van der Waals surface area contributed by atoms with Crippen LogP contribution in [0.3, 0.4) is 0 Å². The summed E-state index contributed by atoms with van der Waals surface area (Å²) >= 11 is 0. The van der Waals surface area contributed by atoms with Crippen LogP contribution in [-0.4, -0.2) is 4.57 Å². The topological polar surface area (TPSA) is 12.7 Å². The number of hydrogen-bond acceptors (Lipinski definition) is 0. The van der Waals surface area contributed by atoms with Gasteiger partial charge in [-0.25, -0.2) is 0 Å². The van der Waals surface area contributed by atoms with Crippen LogP contribution in [0.1, 0.15) is 49.8 Å². The Labute approximate surface area is 345 Å². The summed E-state index contributed by atoms with van der Waals surface area (Å²) in [5.41, 5.74) is 14.2. The Kier molecular flexibility index (Phi) is 7.59. The molecule has 0 fully saturated rings. The van der Waals surface area contributed by atoms with Crippen LogP contribution in [0.5, 0.6) is 0 Å². The van der Waals surface area contributed by atoms with Crippen molar-refractivity contribution in [1.29, 1.82) is 0 Å². The maximum atomic E-state index is 2.72. The first-order valence-corrected chi connectivity index (χ1v) is 21.3. The van der Waals surface area contributed by atoms with Crippen LogP contribution in [0.15, 0.2) is 188 Å². The van der Waals surface area contributed by atoms with Gasteiger partial charge in [0.2, 0.25) is 11.4 Å². The van der Waals surface area contributed by atoms with Gasteiger partial charge >= 0.3 is 0 Å². The Morgan fingerprint density at radius 1 is 0.525 bits per heavy atom. The summed E-state index contributed by atoms with van der Waals surface area (Å²) in [5, 5.41) is 7.73. The predicted octanol–water partition coefficient (Wildman–Crippen LogP) is 13.1. The molecule has 0 saturated carbocycles. The van der Waals surface area contributed by atoms with Crippen molar-refractivity contribution in [2.75, 3.05) is 0 Å². The molecule has 2 aliphatic heterocycles. The lowest BCUT2D eigenvalue weighted by atomic mass is 9.60. The van der Waals surface area contributed by atoms with E-state index in [1.807, 2.05) is 0 Å². The van der Waals surface area contributed by atoms with Crippen LogP contribution >= 0.6 is 0 Å². The van der Waals surface area contributed by atoms with Gasteiger partial charge in [-0.1, -0.05) is 135 Å². The van der Waals surface area contributed by atoms with Crippen LogP contribution < -0.4 is 9.13 Å². The monoisotopic (exact) mass is 759 g/mol. The predicted molar refractivity (Wildman–Crippen MR) is 243 cm³/mol. The highest BCUT2D eigenvalue weighted by Crippen LogP contribution is 2.55. The van der Waals surface area contributed by atoms with Gasteiger partial charge in [0, 0.05) is 28.6 Å². The highest BCUT2D eigenvalue weighted by atomic mass is 15.1. The van der Waals surface area contributed by atoms with Gasteiger partial charge in [0.15, 0.2) is 25.0 Å². The Balaban J connectivity index is 1.12. The van der Waals surface area contributed by atoms with Crippen molar-refractivity contribution in [2.24, 2.45) is 0 Å². The van der Waals surface area contributed by atoms with Gasteiger partial charge in [-0.3, -0.25) is 0 Å². The lowest BCUT2D eigenvalue weighted by molar-refractivity contribution is -0.748. The first-order chi connectivity index (χ1) is 29.2. The van der Waals surface area contributed by atoms with Crippen LogP contribution in [0.2, 0.25) is 0 Å². The van der Waals surface area contributed by atoms with E-state index in [0.717, 1.165) is 19.4 Å². The third-order valence-electron chi connectivity index (χ3n) is 14.2. The number of fused-ring (bicyclic) bond motifs is 13. The van der Waals surface area contributed by atoms with E-state index in [1.165, 1.54) is 93.8 Å². The van der Waals surface area contributed by atoms with Crippen LogP contribution in [0.25, 0.3) is 82.7 Å². The number of nitrogens with zero attached hydrogens (tertiary/aromatic N) is 3. The van der Waals surface area contributed by atoms with Crippen molar-refractivity contribution in [3.05, 3.63) is 199 Å². The highest BCUT2D eigenvalue weighted by Gasteiger charge is 2.57. The van der Waals surface area contributed by atoms with E-state index in [1.54, 1.807) is 0 Å². The fourth-order valence-electron chi connectivity index (χ4n) is 11.5. The lowest BCUT2D eigenvalue weighted by Crippen LogP contribution is -2.60. The van der Waals surface area contributed by atoms with E-state index in [2.05, 4.69) is 216 Å². The number of rotatable bonds is 5. The first kappa shape index (κ1) is 34.2. The van der Waals surface area contributed by atoms with Gasteiger partial charge in [-0.2, -0.15) is 9.13 Å². The molecule has 282 valence electrons. The number of benzene rings is 7. The molecule has 0 N–H and O–H groups in total. The van der Waals surface area contributed by atoms with Crippen LogP contribution in [0.4, 0.5) is 0 Å². The minimum Gasteiger partial charge on any atom is -0.309 e. The molecule has 0 radical (unpaired) electrons. The van der Waals surface area contributed by atoms with Gasteiger partial charge in [0.25, 0.3) is 0 Å². The van der Waals surface area contributed by atoms with Crippen LogP contribution in [0, 0.1) is 0 Å². The standard InChI is InChI=1S/C56H45N3/c1-3-56(4-2)50-29-27-41(59-51-25-15-14-23-45(51)46-28-26-40(34-52(46)59)37-16-6-5-7-17-37)35-48(50)54-43-21-11-9-19-39(43)31-33-58(54)55(56)49-36-57-32-30-38-18-8-10-20-42(38)53(57)47-24-13-12-22-44(47)49/h5-35,49,55H,3-4,36H2,1-2H3/q+2. The Morgan fingerprint density at radius 3 is 1.98 bits per heavy atom. The fraction of sp³-hybridized carbons (Fsp3) is 0.143. The van der Waals surface area contributed by atoms with E-state index in [4.69, 9.17) is 0 Å². The Morgan fingerprint density at radius 2 is 1.19 bits per heavy atom. The average molecular weight is 760 g/mol. The minimum absolute atomic E-state index is 0.123. The van der Waals surface area contributed by atoms with E-state index in [9.17, 15) is 0 Å². The molecule has 2 atom stereocenters. The second kappa shape index (κ2) is 13.1. The number of para-hydroxylation sites is 1. The third-order valence-corrected chi connectivity index (χ3v) is 14.2. The maximum Gasteiger partial charge on any atom is 0.221 e. The van der Waals surface area contributed by atoms with Gasteiger partial charge in [-0.05, 0) is 88.3 Å². The van der Waals surface area contributed by atoms with Crippen molar-refractivity contribution in [3.8, 4) is 39.3 Å². The van der Waals surface area contributed by atoms with Crippen molar-refractivity contribution in [3.63, 3.8) is 0 Å². The van der Waals surface area contributed by atoms with E-state index in [0.29, 0.717) is 0 Å².